The zero-order valence-corrected chi connectivity index (χ0v) is 16.3. The number of fused-ring (bicyclic) bond motifs is 3. The normalized spacial score (nSPS) is 23.0. The third-order valence-electron chi connectivity index (χ3n) is 6.27. The minimum Gasteiger partial charge on any atom is -0.530 e. The van der Waals surface area contributed by atoms with Crippen molar-refractivity contribution in [3.8, 4) is 11.1 Å². The summed E-state index contributed by atoms with van der Waals surface area (Å²) in [6, 6.07) is 12.4. The Morgan fingerprint density at radius 3 is 2.89 bits per heavy atom. The average Bonchev–Trinajstić information content (AvgIpc) is 2.88. The Morgan fingerprint density at radius 1 is 1.21 bits per heavy atom. The van der Waals surface area contributed by atoms with Crippen molar-refractivity contribution in [2.45, 2.75) is 24.1 Å². The van der Waals surface area contributed by atoms with Gasteiger partial charge in [-0.05, 0) is 40.8 Å². The molecule has 2 atom stereocenters. The van der Waals surface area contributed by atoms with Crippen LogP contribution in [-0.2, 0) is 5.75 Å². The zero-order chi connectivity index (χ0) is 19.3. The minimum absolute atomic E-state index is 0.159. The number of carbonyl (C=O) groups is 2. The number of hydrogen-bond acceptors (Lipinski definition) is 5. The molecule has 0 saturated carbocycles. The van der Waals surface area contributed by atoms with Crippen LogP contribution in [-0.4, -0.2) is 48.7 Å². The lowest BCUT2D eigenvalue weighted by Gasteiger charge is -2.40. The van der Waals surface area contributed by atoms with Crippen LogP contribution in [0.3, 0.4) is 0 Å². The highest BCUT2D eigenvalue weighted by molar-refractivity contribution is 7.98. The van der Waals surface area contributed by atoms with E-state index in [1.165, 1.54) is 21.7 Å². The second-order valence-electron chi connectivity index (χ2n) is 7.70. The smallest absolute Gasteiger partial charge is 0.150 e. The first-order valence-electron chi connectivity index (χ1n) is 9.69. The molecule has 1 saturated heterocycles. The number of aldehydes is 1. The van der Waals surface area contributed by atoms with Crippen molar-refractivity contribution in [3.63, 3.8) is 0 Å². The molecule has 1 fully saturated rings. The molecule has 2 aromatic carbocycles. The summed E-state index contributed by atoms with van der Waals surface area (Å²) in [4.78, 5) is 27.0. The van der Waals surface area contributed by atoms with Crippen LogP contribution in [0.1, 0.15) is 33.8 Å². The fraction of sp³-hybridized carbons (Fsp3) is 0.364. The SMILES string of the molecule is O=Cc1ccccc1-c1cc2c3c(c1)C1CN(C(=O)[O-])CCC1N3CCSC2. The molecule has 5 nitrogen and oxygen atoms in total. The minimum atomic E-state index is -1.08. The van der Waals surface area contributed by atoms with E-state index < -0.39 is 6.09 Å². The van der Waals surface area contributed by atoms with E-state index in [1.807, 2.05) is 36.0 Å². The van der Waals surface area contributed by atoms with Gasteiger partial charge in [-0.2, -0.15) is 11.8 Å². The topological polar surface area (TPSA) is 63.7 Å². The molecule has 3 aliphatic rings. The van der Waals surface area contributed by atoms with E-state index in [1.54, 1.807) is 0 Å². The van der Waals surface area contributed by atoms with Gasteiger partial charge in [-0.25, -0.2) is 0 Å². The largest absolute Gasteiger partial charge is 0.530 e. The van der Waals surface area contributed by atoms with Crippen LogP contribution in [0.5, 0.6) is 0 Å². The number of amides is 1. The first-order valence-corrected chi connectivity index (χ1v) is 10.8. The number of rotatable bonds is 2. The highest BCUT2D eigenvalue weighted by Gasteiger charge is 2.43. The van der Waals surface area contributed by atoms with Crippen molar-refractivity contribution in [3.05, 3.63) is 53.1 Å². The number of anilines is 1. The Kier molecular flexibility index (Phi) is 4.31. The van der Waals surface area contributed by atoms with Crippen molar-refractivity contribution in [1.82, 2.24) is 4.90 Å². The van der Waals surface area contributed by atoms with Gasteiger partial charge in [0, 0.05) is 54.4 Å². The lowest BCUT2D eigenvalue weighted by Crippen LogP contribution is -2.52. The predicted molar refractivity (Wildman–Crippen MR) is 109 cm³/mol. The van der Waals surface area contributed by atoms with Gasteiger partial charge in [-0.15, -0.1) is 0 Å². The summed E-state index contributed by atoms with van der Waals surface area (Å²) in [7, 11) is 0. The molecule has 0 aromatic heterocycles. The standard InChI is InChI=1S/C22H22N2O3S/c25-12-14-3-1-2-4-17(14)15-9-16-13-28-8-7-24-20-5-6-23(22(26)27)11-19(20)18(10-15)21(16)24/h1-4,9-10,12,19-20H,5-8,11,13H2,(H,26,27)/p-1. The summed E-state index contributed by atoms with van der Waals surface area (Å²) in [6.45, 7) is 2.03. The predicted octanol–water partition coefficient (Wildman–Crippen LogP) is 2.73. The van der Waals surface area contributed by atoms with Gasteiger partial charge >= 0.3 is 0 Å². The lowest BCUT2D eigenvalue weighted by molar-refractivity contribution is -0.266. The third kappa shape index (κ3) is 2.70. The Bertz CT molecular complexity index is 961. The Hall–Kier alpha value is -2.47. The first kappa shape index (κ1) is 17.6. The molecule has 0 N–H and O–H groups in total. The molecule has 6 heteroatoms. The Balaban J connectivity index is 1.66. The van der Waals surface area contributed by atoms with E-state index in [0.29, 0.717) is 24.7 Å². The second-order valence-corrected chi connectivity index (χ2v) is 8.80. The van der Waals surface area contributed by atoms with E-state index in [4.69, 9.17) is 0 Å². The van der Waals surface area contributed by atoms with Gasteiger partial charge in [0.1, 0.15) is 6.09 Å². The summed E-state index contributed by atoms with van der Waals surface area (Å²) < 4.78 is 0. The van der Waals surface area contributed by atoms with Gasteiger partial charge in [0.25, 0.3) is 0 Å². The fourth-order valence-electron chi connectivity index (χ4n) is 5.05. The van der Waals surface area contributed by atoms with Gasteiger partial charge < -0.3 is 19.7 Å². The van der Waals surface area contributed by atoms with E-state index >= 15 is 0 Å². The van der Waals surface area contributed by atoms with E-state index in [-0.39, 0.29) is 5.92 Å². The fourth-order valence-corrected chi connectivity index (χ4v) is 5.96. The molecule has 3 aliphatic heterocycles. The van der Waals surface area contributed by atoms with Crippen molar-refractivity contribution in [2.75, 3.05) is 30.3 Å². The molecule has 0 bridgehead atoms. The summed E-state index contributed by atoms with van der Waals surface area (Å²) in [5, 5.41) is 11.5. The van der Waals surface area contributed by atoms with Gasteiger partial charge in [0.2, 0.25) is 0 Å². The van der Waals surface area contributed by atoms with Crippen LogP contribution in [0.4, 0.5) is 10.5 Å². The molecule has 0 radical (unpaired) electrons. The summed E-state index contributed by atoms with van der Waals surface area (Å²) in [5.74, 6) is 2.17. The maximum atomic E-state index is 11.6. The van der Waals surface area contributed by atoms with E-state index in [2.05, 4.69) is 17.0 Å². The highest BCUT2D eigenvalue weighted by Crippen LogP contribution is 2.50. The summed E-state index contributed by atoms with van der Waals surface area (Å²) in [5.41, 5.74) is 6.49. The Labute approximate surface area is 168 Å². The maximum absolute atomic E-state index is 11.6. The second kappa shape index (κ2) is 6.85. The number of piperidine rings is 1. The maximum Gasteiger partial charge on any atom is 0.150 e. The van der Waals surface area contributed by atoms with Crippen LogP contribution in [0.15, 0.2) is 36.4 Å². The summed E-state index contributed by atoms with van der Waals surface area (Å²) >= 11 is 1.94. The highest BCUT2D eigenvalue weighted by atomic mass is 32.2. The van der Waals surface area contributed by atoms with Gasteiger partial charge in [0.05, 0.1) is 0 Å². The number of benzene rings is 2. The molecular formula is C22H21N2O3S-. The average molecular weight is 393 g/mol. The molecular weight excluding hydrogens is 372 g/mol. The van der Waals surface area contributed by atoms with Crippen LogP contribution >= 0.6 is 11.8 Å². The van der Waals surface area contributed by atoms with Gasteiger partial charge in [-0.3, -0.25) is 4.79 Å². The molecule has 28 heavy (non-hydrogen) atoms. The van der Waals surface area contributed by atoms with Crippen molar-refractivity contribution in [2.24, 2.45) is 0 Å². The molecule has 2 aromatic rings. The molecule has 0 aliphatic carbocycles. The number of nitrogens with zero attached hydrogens (tertiary/aromatic N) is 2. The monoisotopic (exact) mass is 393 g/mol. The molecule has 5 rings (SSSR count). The molecule has 1 amide bonds. The van der Waals surface area contributed by atoms with Crippen molar-refractivity contribution < 1.29 is 14.7 Å². The van der Waals surface area contributed by atoms with Crippen LogP contribution in [0.2, 0.25) is 0 Å². The van der Waals surface area contributed by atoms with E-state index in [9.17, 15) is 14.7 Å². The third-order valence-corrected chi connectivity index (χ3v) is 7.26. The number of likely N-dealkylation sites (tertiary alicyclic amines) is 1. The Morgan fingerprint density at radius 2 is 2.07 bits per heavy atom. The van der Waals surface area contributed by atoms with Crippen LogP contribution < -0.4 is 10.0 Å². The zero-order valence-electron chi connectivity index (χ0n) is 15.5. The van der Waals surface area contributed by atoms with Crippen LogP contribution in [0.25, 0.3) is 11.1 Å². The molecule has 3 heterocycles. The molecule has 2 unspecified atom stereocenters. The van der Waals surface area contributed by atoms with E-state index in [0.717, 1.165) is 41.9 Å². The van der Waals surface area contributed by atoms with Gasteiger partial charge in [0.15, 0.2) is 6.29 Å². The van der Waals surface area contributed by atoms with Crippen LogP contribution in [0, 0.1) is 0 Å². The van der Waals surface area contributed by atoms with Crippen molar-refractivity contribution >= 4 is 29.8 Å². The van der Waals surface area contributed by atoms with Gasteiger partial charge in [-0.1, -0.05) is 24.3 Å². The number of thioether (sulfide) groups is 1. The first-order chi connectivity index (χ1) is 13.7. The van der Waals surface area contributed by atoms with Crippen molar-refractivity contribution in [1.29, 1.82) is 0 Å². The summed E-state index contributed by atoms with van der Waals surface area (Å²) in [6.07, 6.45) is 0.657. The number of hydrogen-bond donors (Lipinski definition) is 0. The molecule has 144 valence electrons. The molecule has 0 spiro atoms. The quantitative estimate of drug-likeness (QED) is 0.734. The lowest BCUT2D eigenvalue weighted by atomic mass is 9.86. The number of carbonyl (C=O) groups excluding carboxylic acids is 2. The number of carboxylic acid groups (broad SMARTS) is 1.